The van der Waals surface area contributed by atoms with E-state index in [4.69, 9.17) is 0 Å². The second-order valence-corrected chi connectivity index (χ2v) is 5.09. The highest BCUT2D eigenvalue weighted by atomic mass is 16.4. The van der Waals surface area contributed by atoms with Crippen molar-refractivity contribution in [3.63, 3.8) is 0 Å². The van der Waals surface area contributed by atoms with Gasteiger partial charge in [-0.15, -0.1) is 0 Å². The molecule has 0 aliphatic carbocycles. The number of hydrogen-bond acceptors (Lipinski definition) is 1. The number of hydrogen-bond donors (Lipinski definition) is 1. The molecule has 0 radical (unpaired) electrons. The van der Waals surface area contributed by atoms with Crippen LogP contribution in [0.4, 0.5) is 0 Å². The third kappa shape index (κ3) is 2.08. The molecule has 0 spiro atoms. The maximum atomic E-state index is 11.6. The van der Waals surface area contributed by atoms with Crippen LogP contribution in [0.2, 0.25) is 0 Å². The fraction of sp³-hybridized carbons (Fsp3) is 0.533. The highest BCUT2D eigenvalue weighted by molar-refractivity contribution is 5.76. The molecular weight excluding hydrogens is 212 g/mol. The van der Waals surface area contributed by atoms with Crippen LogP contribution >= 0.6 is 0 Å². The third-order valence-corrected chi connectivity index (χ3v) is 4.26. The van der Waals surface area contributed by atoms with E-state index in [1.807, 2.05) is 44.2 Å². The first-order chi connectivity index (χ1) is 7.92. The topological polar surface area (TPSA) is 37.3 Å². The molecule has 0 bridgehead atoms. The van der Waals surface area contributed by atoms with Gasteiger partial charge in [0.2, 0.25) is 0 Å². The molecular formula is C15H22O2. The van der Waals surface area contributed by atoms with Crippen LogP contribution in [0.15, 0.2) is 30.3 Å². The van der Waals surface area contributed by atoms with E-state index < -0.39 is 11.4 Å². The molecule has 1 rings (SSSR count). The standard InChI is InChI=1S/C15H22O2/c1-5-15(6-2,14(3,4)13(16)17)12-10-8-7-9-11-12/h7-11H,5-6H2,1-4H3,(H,16,17). The van der Waals surface area contributed by atoms with Gasteiger partial charge in [-0.3, -0.25) is 4.79 Å². The Morgan fingerprint density at radius 2 is 1.59 bits per heavy atom. The fourth-order valence-corrected chi connectivity index (χ4v) is 2.86. The van der Waals surface area contributed by atoms with Gasteiger partial charge in [0.15, 0.2) is 0 Å². The Morgan fingerprint density at radius 1 is 1.12 bits per heavy atom. The summed E-state index contributed by atoms with van der Waals surface area (Å²) in [7, 11) is 0. The molecule has 0 saturated heterocycles. The largest absolute Gasteiger partial charge is 0.481 e. The number of aliphatic carboxylic acids is 1. The van der Waals surface area contributed by atoms with Gasteiger partial charge in [0.25, 0.3) is 0 Å². The van der Waals surface area contributed by atoms with Crippen molar-refractivity contribution in [2.24, 2.45) is 5.41 Å². The Kier molecular flexibility index (Phi) is 3.97. The number of carboxylic acids is 1. The highest BCUT2D eigenvalue weighted by Gasteiger charge is 2.48. The fourth-order valence-electron chi connectivity index (χ4n) is 2.86. The molecule has 0 fully saturated rings. The molecule has 0 aliphatic rings. The Balaban J connectivity index is 3.38. The smallest absolute Gasteiger partial charge is 0.309 e. The molecule has 94 valence electrons. The molecule has 0 saturated carbocycles. The summed E-state index contributed by atoms with van der Waals surface area (Å²) >= 11 is 0. The second kappa shape index (κ2) is 4.91. The van der Waals surface area contributed by atoms with E-state index in [9.17, 15) is 9.90 Å². The third-order valence-electron chi connectivity index (χ3n) is 4.26. The Hall–Kier alpha value is -1.31. The SMILES string of the molecule is CCC(CC)(c1ccccc1)C(C)(C)C(=O)O. The summed E-state index contributed by atoms with van der Waals surface area (Å²) in [5.74, 6) is -0.731. The van der Waals surface area contributed by atoms with E-state index in [0.717, 1.165) is 18.4 Å². The predicted octanol–water partition coefficient (Wildman–Crippen LogP) is 3.86. The Morgan fingerprint density at radius 3 is 1.94 bits per heavy atom. The van der Waals surface area contributed by atoms with Crippen LogP contribution in [0, 0.1) is 5.41 Å². The quantitative estimate of drug-likeness (QED) is 0.840. The predicted molar refractivity (Wildman–Crippen MR) is 70.1 cm³/mol. The summed E-state index contributed by atoms with van der Waals surface area (Å²) in [4.78, 5) is 11.6. The molecule has 0 amide bonds. The van der Waals surface area contributed by atoms with E-state index in [1.165, 1.54) is 0 Å². The van der Waals surface area contributed by atoms with Gasteiger partial charge in [0, 0.05) is 5.41 Å². The maximum Gasteiger partial charge on any atom is 0.309 e. The van der Waals surface area contributed by atoms with Crippen molar-refractivity contribution < 1.29 is 9.90 Å². The summed E-state index contributed by atoms with van der Waals surface area (Å²) in [6.45, 7) is 7.80. The van der Waals surface area contributed by atoms with Crippen LogP contribution in [0.1, 0.15) is 46.1 Å². The van der Waals surface area contributed by atoms with Gasteiger partial charge >= 0.3 is 5.97 Å². The molecule has 1 N–H and O–H groups in total. The molecule has 0 aliphatic heterocycles. The van der Waals surface area contributed by atoms with Crippen LogP contribution in [-0.4, -0.2) is 11.1 Å². The lowest BCUT2D eigenvalue weighted by Crippen LogP contribution is -2.46. The Bertz CT molecular complexity index is 375. The van der Waals surface area contributed by atoms with Crippen LogP contribution in [0.3, 0.4) is 0 Å². The Labute approximate surface area is 104 Å². The summed E-state index contributed by atoms with van der Waals surface area (Å²) in [6.07, 6.45) is 1.65. The minimum absolute atomic E-state index is 0.305. The van der Waals surface area contributed by atoms with Crippen LogP contribution in [0.5, 0.6) is 0 Å². The zero-order valence-corrected chi connectivity index (χ0v) is 11.2. The van der Waals surface area contributed by atoms with Gasteiger partial charge in [0.1, 0.15) is 0 Å². The number of carboxylic acid groups (broad SMARTS) is 1. The van der Waals surface area contributed by atoms with Crippen molar-refractivity contribution in [2.45, 2.75) is 46.0 Å². The van der Waals surface area contributed by atoms with Gasteiger partial charge in [-0.1, -0.05) is 44.2 Å². The van der Waals surface area contributed by atoms with E-state index in [-0.39, 0.29) is 5.41 Å². The molecule has 1 aromatic carbocycles. The van der Waals surface area contributed by atoms with Crippen molar-refractivity contribution in [3.8, 4) is 0 Å². The molecule has 0 aromatic heterocycles. The van der Waals surface area contributed by atoms with Crippen molar-refractivity contribution in [1.82, 2.24) is 0 Å². The van der Waals surface area contributed by atoms with E-state index >= 15 is 0 Å². The van der Waals surface area contributed by atoms with Crippen molar-refractivity contribution in [2.75, 3.05) is 0 Å². The molecule has 0 atom stereocenters. The zero-order chi connectivity index (χ0) is 13.1. The van der Waals surface area contributed by atoms with E-state index in [0.29, 0.717) is 0 Å². The van der Waals surface area contributed by atoms with Gasteiger partial charge in [-0.2, -0.15) is 0 Å². The molecule has 0 heterocycles. The van der Waals surface area contributed by atoms with Gasteiger partial charge < -0.3 is 5.11 Å². The van der Waals surface area contributed by atoms with Crippen molar-refractivity contribution in [3.05, 3.63) is 35.9 Å². The van der Waals surface area contributed by atoms with Gasteiger partial charge in [0.05, 0.1) is 5.41 Å². The number of rotatable bonds is 5. The summed E-state index contributed by atoms with van der Waals surface area (Å²) in [5.41, 5.74) is 0.0511. The van der Waals surface area contributed by atoms with Gasteiger partial charge in [-0.25, -0.2) is 0 Å². The first-order valence-electron chi connectivity index (χ1n) is 6.21. The van der Waals surface area contributed by atoms with Gasteiger partial charge in [-0.05, 0) is 32.3 Å². The first-order valence-corrected chi connectivity index (χ1v) is 6.21. The molecule has 17 heavy (non-hydrogen) atoms. The summed E-state index contributed by atoms with van der Waals surface area (Å²) in [6, 6.07) is 10.0. The summed E-state index contributed by atoms with van der Waals surface area (Å²) < 4.78 is 0. The van der Waals surface area contributed by atoms with Crippen LogP contribution < -0.4 is 0 Å². The molecule has 2 heteroatoms. The van der Waals surface area contributed by atoms with Crippen molar-refractivity contribution in [1.29, 1.82) is 0 Å². The van der Waals surface area contributed by atoms with Crippen molar-refractivity contribution >= 4 is 5.97 Å². The lowest BCUT2D eigenvalue weighted by atomic mass is 9.59. The summed E-state index contributed by atoms with van der Waals surface area (Å²) in [5, 5.41) is 9.50. The first kappa shape index (κ1) is 13.8. The minimum Gasteiger partial charge on any atom is -0.481 e. The molecule has 1 aromatic rings. The monoisotopic (exact) mass is 234 g/mol. The number of benzene rings is 1. The lowest BCUT2D eigenvalue weighted by molar-refractivity contribution is -0.151. The lowest BCUT2D eigenvalue weighted by Gasteiger charge is -2.43. The second-order valence-electron chi connectivity index (χ2n) is 5.09. The molecule has 0 unspecified atom stereocenters. The maximum absolute atomic E-state index is 11.6. The van der Waals surface area contributed by atoms with E-state index in [1.54, 1.807) is 0 Å². The average molecular weight is 234 g/mol. The van der Waals surface area contributed by atoms with Crippen LogP contribution in [-0.2, 0) is 10.2 Å². The van der Waals surface area contributed by atoms with E-state index in [2.05, 4.69) is 13.8 Å². The highest BCUT2D eigenvalue weighted by Crippen LogP contribution is 2.47. The van der Waals surface area contributed by atoms with Crippen LogP contribution in [0.25, 0.3) is 0 Å². The normalized spacial score (nSPS) is 12.5. The zero-order valence-electron chi connectivity index (χ0n) is 11.2. The average Bonchev–Trinajstić information content (AvgIpc) is 2.32. The number of carbonyl (C=O) groups is 1. The molecule has 2 nitrogen and oxygen atoms in total. The minimum atomic E-state index is -0.766.